The normalized spacial score (nSPS) is 33.6. The van der Waals surface area contributed by atoms with Crippen molar-refractivity contribution in [1.82, 2.24) is 10.2 Å². The molecule has 2 saturated heterocycles. The molecule has 6 atom stereocenters. The summed E-state index contributed by atoms with van der Waals surface area (Å²) >= 11 is 0. The summed E-state index contributed by atoms with van der Waals surface area (Å²) in [5.41, 5.74) is 5.46. The van der Waals surface area contributed by atoms with E-state index >= 15 is 0 Å². The van der Waals surface area contributed by atoms with Crippen LogP contribution in [-0.4, -0.2) is 79.3 Å². The molecule has 2 aliphatic heterocycles. The number of phosphoric ester groups is 1. The van der Waals surface area contributed by atoms with Gasteiger partial charge in [0, 0.05) is 6.54 Å². The number of nitrogens with two attached hydrogens (primary N) is 1. The maximum Gasteiger partial charge on any atom is 0.490 e. The lowest BCUT2D eigenvalue weighted by Gasteiger charge is -2.36. The Morgan fingerprint density at radius 1 is 1.20 bits per heavy atom. The minimum Gasteiger partial charge on any atom is -0.384 e. The Hall–Kier alpha value is -0.580. The third-order valence-electron chi connectivity index (χ3n) is 3.73. The average Bonchev–Trinajstić information content (AvgIpc) is 2.73. The maximum absolute atomic E-state index is 14.3. The topological polar surface area (TPSA) is 248 Å². The lowest BCUT2D eigenvalue weighted by atomic mass is 10.1. The number of urea groups is 1. The summed E-state index contributed by atoms with van der Waals surface area (Å²) in [5, 5.41) is 11.9. The summed E-state index contributed by atoms with van der Waals surface area (Å²) in [7, 11) is -17.0. The summed E-state index contributed by atoms with van der Waals surface area (Å²) in [4.78, 5) is 47.6. The van der Waals surface area contributed by atoms with Crippen molar-refractivity contribution in [2.75, 3.05) is 13.2 Å². The molecule has 0 spiro atoms. The van der Waals surface area contributed by atoms with E-state index in [0.717, 1.165) is 0 Å². The highest BCUT2D eigenvalue weighted by Gasteiger charge is 2.62. The summed E-state index contributed by atoms with van der Waals surface area (Å²) in [6, 6.07) is -1.01. The van der Waals surface area contributed by atoms with Gasteiger partial charge in [0.15, 0.2) is 6.10 Å². The van der Waals surface area contributed by atoms with Crippen LogP contribution < -0.4 is 11.1 Å². The highest BCUT2D eigenvalue weighted by atomic mass is 31.3. The zero-order valence-electron chi connectivity index (χ0n) is 14.6. The summed E-state index contributed by atoms with van der Waals surface area (Å²) < 4.78 is 78.0. The first-order valence-electron chi connectivity index (χ1n) is 7.76. The first kappa shape index (κ1) is 25.7. The van der Waals surface area contributed by atoms with E-state index in [1.54, 1.807) is 0 Å². The van der Waals surface area contributed by atoms with Crippen molar-refractivity contribution in [2.24, 2.45) is 5.73 Å². The van der Waals surface area contributed by atoms with Gasteiger partial charge in [0.2, 0.25) is 6.23 Å². The first-order chi connectivity index (χ1) is 13.4. The monoisotopic (exact) mass is 507 g/mol. The van der Waals surface area contributed by atoms with Gasteiger partial charge in [-0.05, 0) is 6.42 Å². The lowest BCUT2D eigenvalue weighted by Crippen LogP contribution is -2.61. The summed E-state index contributed by atoms with van der Waals surface area (Å²) in [6.45, 7) is -1.57. The van der Waals surface area contributed by atoms with Crippen LogP contribution in [0.4, 0.5) is 13.6 Å². The van der Waals surface area contributed by atoms with Gasteiger partial charge in [0.25, 0.3) is 0 Å². The molecule has 4 unspecified atom stereocenters. The van der Waals surface area contributed by atoms with Crippen LogP contribution in [0.3, 0.4) is 0 Å². The van der Waals surface area contributed by atoms with Crippen molar-refractivity contribution in [2.45, 2.75) is 36.9 Å². The third kappa shape index (κ3) is 6.46. The van der Waals surface area contributed by atoms with Gasteiger partial charge in [0.1, 0.15) is 6.10 Å². The largest absolute Gasteiger partial charge is 0.490 e. The number of nitrogens with zero attached hydrogens (tertiary/aromatic N) is 1. The number of alkyl halides is 2. The van der Waals surface area contributed by atoms with Crippen LogP contribution in [0.15, 0.2) is 0 Å². The number of phosphoric acid groups is 3. The minimum atomic E-state index is -5.81. The molecule has 30 heavy (non-hydrogen) atoms. The highest BCUT2D eigenvalue weighted by Crippen LogP contribution is 2.66. The zero-order valence-corrected chi connectivity index (χ0v) is 17.2. The SMILES string of the molecule is NC1CCN([C@@H]2O[C@H](COP(=O)(O)OP(=O)(O)OP(=O)(O)O)C(O)C2(F)F)C(=O)N1. The second kappa shape index (κ2) is 8.75. The van der Waals surface area contributed by atoms with E-state index in [2.05, 4.69) is 18.5 Å². The number of aliphatic hydroxyl groups excluding tert-OH is 1. The molecule has 16 nitrogen and oxygen atoms in total. The lowest BCUT2D eigenvalue weighted by molar-refractivity contribution is -0.156. The second-order valence-electron chi connectivity index (χ2n) is 6.07. The minimum absolute atomic E-state index is 0.0734. The van der Waals surface area contributed by atoms with Crippen LogP contribution in [0.25, 0.3) is 0 Å². The number of nitrogens with one attached hydrogen (secondary N) is 1. The van der Waals surface area contributed by atoms with Crippen molar-refractivity contribution in [3.05, 3.63) is 0 Å². The number of carbonyl (C=O) groups is 1. The Kier molecular flexibility index (Phi) is 7.49. The number of halogens is 2. The molecule has 2 heterocycles. The number of ether oxygens (including phenoxy) is 1. The Morgan fingerprint density at radius 3 is 2.33 bits per heavy atom. The Labute approximate surface area is 166 Å². The molecule has 0 aliphatic carbocycles. The molecule has 0 saturated carbocycles. The van der Waals surface area contributed by atoms with Crippen molar-refractivity contribution in [3.63, 3.8) is 0 Å². The molecule has 0 radical (unpaired) electrons. The summed E-state index contributed by atoms with van der Waals surface area (Å²) in [6.07, 6.45) is -7.66. The van der Waals surface area contributed by atoms with Crippen molar-refractivity contribution < 1.29 is 69.8 Å². The summed E-state index contributed by atoms with van der Waals surface area (Å²) in [5.74, 6) is -4.05. The van der Waals surface area contributed by atoms with Crippen LogP contribution in [-0.2, 0) is 31.6 Å². The molecule has 0 aromatic heterocycles. The number of rotatable bonds is 8. The predicted molar refractivity (Wildman–Crippen MR) is 87.3 cm³/mol. The van der Waals surface area contributed by atoms with Gasteiger partial charge in [-0.3, -0.25) is 9.42 Å². The first-order valence-corrected chi connectivity index (χ1v) is 12.3. The fraction of sp³-hybridized carbons (Fsp3) is 0.889. The van der Waals surface area contributed by atoms with Gasteiger partial charge in [-0.1, -0.05) is 0 Å². The molecular formula is C9H18F2N3O13P3. The molecule has 0 bridgehead atoms. The van der Waals surface area contributed by atoms with E-state index in [9.17, 15) is 37.3 Å². The van der Waals surface area contributed by atoms with Crippen LogP contribution >= 0.6 is 23.5 Å². The second-order valence-corrected chi connectivity index (χ2v) is 10.5. The highest BCUT2D eigenvalue weighted by molar-refractivity contribution is 7.66. The van der Waals surface area contributed by atoms with Gasteiger partial charge in [-0.25, -0.2) is 18.5 Å². The van der Waals surface area contributed by atoms with Crippen LogP contribution in [0.1, 0.15) is 6.42 Å². The van der Waals surface area contributed by atoms with Crippen molar-refractivity contribution in [1.29, 1.82) is 0 Å². The standard InChI is InChI=1S/C9H18F2N3O13P3/c10-9(11)6(15)4(25-7(9)14-2-1-5(12)13-8(14)16)3-24-29(20,21)27-30(22,23)26-28(17,18)19/h4-7,15H,1-3,12H2,(H,13,16)(H,20,21)(H,22,23)(H2,17,18,19)/t4-,5?,6?,7-/m1/s1. The van der Waals surface area contributed by atoms with E-state index < -0.39 is 66.6 Å². The fourth-order valence-electron chi connectivity index (χ4n) is 2.52. The van der Waals surface area contributed by atoms with Crippen molar-refractivity contribution >= 4 is 29.5 Å². The van der Waals surface area contributed by atoms with Crippen LogP contribution in [0.2, 0.25) is 0 Å². The van der Waals surface area contributed by atoms with Crippen LogP contribution in [0.5, 0.6) is 0 Å². The van der Waals surface area contributed by atoms with E-state index in [1.807, 2.05) is 0 Å². The van der Waals surface area contributed by atoms with E-state index in [4.69, 9.17) is 25.2 Å². The molecule has 2 aliphatic rings. The predicted octanol–water partition coefficient (Wildman–Crippen LogP) is -1.25. The van der Waals surface area contributed by atoms with Crippen LogP contribution in [0, 0.1) is 0 Å². The van der Waals surface area contributed by atoms with Gasteiger partial charge < -0.3 is 40.5 Å². The molecular weight excluding hydrogens is 489 g/mol. The van der Waals surface area contributed by atoms with E-state index in [0.29, 0.717) is 4.90 Å². The molecule has 0 aromatic carbocycles. The Balaban J connectivity index is 2.03. The zero-order chi connectivity index (χ0) is 23.1. The maximum atomic E-state index is 14.3. The Bertz CT molecular complexity index is 810. The molecule has 176 valence electrons. The quantitative estimate of drug-likeness (QED) is 0.190. The Morgan fingerprint density at radius 2 is 1.80 bits per heavy atom. The molecule has 2 fully saturated rings. The number of aliphatic hydroxyl groups is 1. The van der Waals surface area contributed by atoms with Gasteiger partial charge >= 0.3 is 35.4 Å². The molecule has 2 amide bonds. The van der Waals surface area contributed by atoms with Gasteiger partial charge in [0.05, 0.1) is 12.8 Å². The number of amides is 2. The van der Waals surface area contributed by atoms with E-state index in [-0.39, 0.29) is 13.0 Å². The number of carbonyl (C=O) groups excluding carboxylic acids is 1. The molecule has 2 rings (SSSR count). The van der Waals surface area contributed by atoms with E-state index in [1.165, 1.54) is 0 Å². The van der Waals surface area contributed by atoms with Gasteiger partial charge in [-0.2, -0.15) is 17.4 Å². The average molecular weight is 507 g/mol. The third-order valence-corrected chi connectivity index (χ3v) is 7.53. The fourth-order valence-corrected chi connectivity index (χ4v) is 5.55. The van der Waals surface area contributed by atoms with Crippen molar-refractivity contribution in [3.8, 4) is 0 Å². The van der Waals surface area contributed by atoms with Gasteiger partial charge in [-0.15, -0.1) is 0 Å². The molecule has 0 aromatic rings. The smallest absolute Gasteiger partial charge is 0.384 e. The number of hydrogen-bond donors (Lipinski definition) is 7. The molecule has 21 heteroatoms. The number of hydrogen-bond acceptors (Lipinski definition) is 10. The molecule has 8 N–H and O–H groups in total.